The molecule has 5 heteroatoms. The Bertz CT molecular complexity index is 747. The fraction of sp³-hybridized carbons (Fsp3) is 0.312. The molecule has 2 heterocycles. The van der Waals surface area contributed by atoms with Crippen LogP contribution in [0.25, 0.3) is 10.9 Å². The number of rotatable bonds is 5. The van der Waals surface area contributed by atoms with E-state index in [4.69, 9.17) is 5.10 Å². The quantitative estimate of drug-likeness (QED) is 0.723. The first-order valence-corrected chi connectivity index (χ1v) is 8.82. The topological polar surface area (TPSA) is 29.9 Å². The highest BCUT2D eigenvalue weighted by molar-refractivity contribution is 9.10. The summed E-state index contributed by atoms with van der Waals surface area (Å²) in [4.78, 5) is 0. The van der Waals surface area contributed by atoms with Crippen LogP contribution in [0.3, 0.4) is 0 Å². The lowest BCUT2D eigenvalue weighted by atomic mass is 10.0. The van der Waals surface area contributed by atoms with Crippen LogP contribution in [0.2, 0.25) is 0 Å². The third-order valence-corrected chi connectivity index (χ3v) is 5.36. The van der Waals surface area contributed by atoms with Gasteiger partial charge in [0.2, 0.25) is 0 Å². The van der Waals surface area contributed by atoms with Crippen molar-refractivity contribution < 1.29 is 0 Å². The number of para-hydroxylation sites is 1. The summed E-state index contributed by atoms with van der Waals surface area (Å²) in [7, 11) is 2.01. The smallest absolute Gasteiger partial charge is 0.0918 e. The fourth-order valence-corrected chi connectivity index (χ4v) is 4.15. The molecule has 0 spiro atoms. The third-order valence-electron chi connectivity index (χ3n) is 3.61. The van der Waals surface area contributed by atoms with E-state index >= 15 is 0 Å². The van der Waals surface area contributed by atoms with Crippen LogP contribution >= 0.6 is 27.3 Å². The summed E-state index contributed by atoms with van der Waals surface area (Å²) >= 11 is 5.38. The van der Waals surface area contributed by atoms with Crippen molar-refractivity contribution in [1.82, 2.24) is 15.1 Å². The van der Waals surface area contributed by atoms with Crippen LogP contribution in [0.15, 0.2) is 39.5 Å². The van der Waals surface area contributed by atoms with Gasteiger partial charge in [0.05, 0.1) is 17.3 Å². The Labute approximate surface area is 137 Å². The number of nitrogens with zero attached hydrogens (tertiary/aromatic N) is 2. The van der Waals surface area contributed by atoms with E-state index in [1.165, 1.54) is 16.5 Å². The minimum Gasteiger partial charge on any atom is -0.305 e. The van der Waals surface area contributed by atoms with E-state index in [9.17, 15) is 0 Å². The number of hydrogen-bond donors (Lipinski definition) is 1. The molecule has 3 nitrogen and oxygen atoms in total. The maximum Gasteiger partial charge on any atom is 0.0918 e. The summed E-state index contributed by atoms with van der Waals surface area (Å²) in [6.07, 6.45) is 1.10. The largest absolute Gasteiger partial charge is 0.305 e. The van der Waals surface area contributed by atoms with Crippen LogP contribution in [-0.2, 0) is 7.05 Å². The van der Waals surface area contributed by atoms with Crippen molar-refractivity contribution in [2.45, 2.75) is 19.4 Å². The van der Waals surface area contributed by atoms with Crippen molar-refractivity contribution in [2.75, 3.05) is 6.54 Å². The van der Waals surface area contributed by atoms with Crippen molar-refractivity contribution in [1.29, 1.82) is 0 Å². The molecule has 110 valence electrons. The molecule has 1 unspecified atom stereocenters. The number of aromatic nitrogens is 2. The highest BCUT2D eigenvalue weighted by atomic mass is 79.9. The molecule has 1 aromatic carbocycles. The molecule has 0 amide bonds. The first kappa shape index (κ1) is 14.8. The number of nitrogens with one attached hydrogen (secondary N) is 1. The molecular weight excluding hydrogens is 346 g/mol. The summed E-state index contributed by atoms with van der Waals surface area (Å²) in [6, 6.07) is 8.52. The van der Waals surface area contributed by atoms with Crippen molar-refractivity contribution in [3.05, 3.63) is 50.8 Å². The molecule has 0 fully saturated rings. The minimum atomic E-state index is 0.122. The summed E-state index contributed by atoms with van der Waals surface area (Å²) in [5, 5.41) is 13.9. The van der Waals surface area contributed by atoms with E-state index < -0.39 is 0 Å². The predicted molar refractivity (Wildman–Crippen MR) is 92.9 cm³/mol. The SMILES string of the molecule is CCCNC(c1cscc1Br)c1nn(C)c2ccccc12. The van der Waals surface area contributed by atoms with Crippen LogP contribution in [0.5, 0.6) is 0 Å². The lowest BCUT2D eigenvalue weighted by Crippen LogP contribution is -2.23. The Morgan fingerprint density at radius 2 is 2.14 bits per heavy atom. The number of thiophene rings is 1. The number of halogens is 1. The van der Waals surface area contributed by atoms with Gasteiger partial charge < -0.3 is 5.32 Å². The Hall–Kier alpha value is -1.17. The summed E-state index contributed by atoms with van der Waals surface area (Å²) in [5.74, 6) is 0. The Kier molecular flexibility index (Phi) is 4.42. The lowest BCUT2D eigenvalue weighted by molar-refractivity contribution is 0.578. The number of benzene rings is 1. The summed E-state index contributed by atoms with van der Waals surface area (Å²) in [5.41, 5.74) is 3.53. The van der Waals surface area contributed by atoms with Gasteiger partial charge in [0.25, 0.3) is 0 Å². The van der Waals surface area contributed by atoms with Crippen molar-refractivity contribution in [3.8, 4) is 0 Å². The van der Waals surface area contributed by atoms with Gasteiger partial charge in [-0.25, -0.2) is 0 Å². The summed E-state index contributed by atoms with van der Waals surface area (Å²) < 4.78 is 3.11. The molecule has 1 N–H and O–H groups in total. The molecule has 3 rings (SSSR count). The molecule has 21 heavy (non-hydrogen) atoms. The van der Waals surface area contributed by atoms with E-state index in [1.54, 1.807) is 11.3 Å². The van der Waals surface area contributed by atoms with Gasteiger partial charge in [-0.3, -0.25) is 4.68 Å². The molecular formula is C16H18BrN3S. The van der Waals surface area contributed by atoms with Gasteiger partial charge in [0, 0.05) is 27.9 Å². The van der Waals surface area contributed by atoms with Crippen LogP contribution in [0, 0.1) is 0 Å². The van der Waals surface area contributed by atoms with Crippen LogP contribution in [0.4, 0.5) is 0 Å². The standard InChI is InChI=1S/C16H18BrN3S/c1-3-8-18-15(12-9-21-10-13(12)17)16-11-6-4-5-7-14(11)20(2)19-16/h4-7,9-10,15,18H,3,8H2,1-2H3. The molecule has 0 radical (unpaired) electrons. The average molecular weight is 364 g/mol. The maximum absolute atomic E-state index is 4.78. The monoisotopic (exact) mass is 363 g/mol. The fourth-order valence-electron chi connectivity index (χ4n) is 2.59. The van der Waals surface area contributed by atoms with E-state index in [2.05, 4.69) is 63.2 Å². The minimum absolute atomic E-state index is 0.122. The summed E-state index contributed by atoms with van der Waals surface area (Å²) in [6.45, 7) is 3.15. The molecule has 0 saturated carbocycles. The number of hydrogen-bond acceptors (Lipinski definition) is 3. The molecule has 0 saturated heterocycles. The Morgan fingerprint density at radius 1 is 1.33 bits per heavy atom. The van der Waals surface area contributed by atoms with Gasteiger partial charge >= 0.3 is 0 Å². The average Bonchev–Trinajstić information content (AvgIpc) is 3.06. The van der Waals surface area contributed by atoms with Crippen LogP contribution in [0.1, 0.15) is 30.6 Å². The van der Waals surface area contributed by atoms with E-state index in [-0.39, 0.29) is 6.04 Å². The number of fused-ring (bicyclic) bond motifs is 1. The van der Waals surface area contributed by atoms with Gasteiger partial charge in [-0.15, -0.1) is 0 Å². The van der Waals surface area contributed by atoms with Crippen molar-refractivity contribution in [2.24, 2.45) is 7.05 Å². The maximum atomic E-state index is 4.78. The molecule has 0 aliphatic heterocycles. The van der Waals surface area contributed by atoms with Crippen LogP contribution < -0.4 is 5.32 Å². The Balaban J connectivity index is 2.12. The third kappa shape index (κ3) is 2.78. The zero-order chi connectivity index (χ0) is 14.8. The molecule has 1 atom stereocenters. The first-order chi connectivity index (χ1) is 10.2. The van der Waals surface area contributed by atoms with Crippen LogP contribution in [-0.4, -0.2) is 16.3 Å². The molecule has 2 aromatic heterocycles. The van der Waals surface area contributed by atoms with E-state index in [0.29, 0.717) is 0 Å². The Morgan fingerprint density at radius 3 is 2.86 bits per heavy atom. The van der Waals surface area contributed by atoms with Crippen molar-refractivity contribution in [3.63, 3.8) is 0 Å². The second kappa shape index (κ2) is 6.30. The predicted octanol–water partition coefficient (Wildman–Crippen LogP) is 4.49. The molecule has 0 aliphatic carbocycles. The van der Waals surface area contributed by atoms with Gasteiger partial charge in [0.15, 0.2) is 0 Å². The van der Waals surface area contributed by atoms with E-state index in [1.807, 2.05) is 11.7 Å². The highest BCUT2D eigenvalue weighted by Gasteiger charge is 2.22. The second-order valence-electron chi connectivity index (χ2n) is 5.09. The zero-order valence-electron chi connectivity index (χ0n) is 12.1. The van der Waals surface area contributed by atoms with Gasteiger partial charge in [0.1, 0.15) is 0 Å². The van der Waals surface area contributed by atoms with Gasteiger partial charge in [-0.05, 0) is 40.3 Å². The van der Waals surface area contributed by atoms with Crippen molar-refractivity contribution >= 4 is 38.2 Å². The molecule has 0 aliphatic rings. The number of aryl methyl sites for hydroxylation is 1. The molecule has 3 aromatic rings. The molecule has 0 bridgehead atoms. The zero-order valence-corrected chi connectivity index (χ0v) is 14.5. The first-order valence-electron chi connectivity index (χ1n) is 7.09. The second-order valence-corrected chi connectivity index (χ2v) is 6.69. The lowest BCUT2D eigenvalue weighted by Gasteiger charge is -2.17. The normalized spacial score (nSPS) is 12.9. The van der Waals surface area contributed by atoms with Gasteiger partial charge in [-0.1, -0.05) is 25.1 Å². The van der Waals surface area contributed by atoms with Gasteiger partial charge in [-0.2, -0.15) is 16.4 Å². The van der Waals surface area contributed by atoms with E-state index in [0.717, 1.165) is 23.1 Å². The highest BCUT2D eigenvalue weighted by Crippen LogP contribution is 2.34.